The van der Waals surface area contributed by atoms with Gasteiger partial charge in [-0.05, 0) is 6.92 Å². The predicted octanol–water partition coefficient (Wildman–Crippen LogP) is -2.69. The standard InChI is InChI=1S/C12H15N3O6/c1-5-3-15(11(20)13-8(5)18)9-6-7(17)12(4-16,21-9)10(19)14(6)2/h3,6-7,9,16-17H,4H2,1-2H3,(H,13,18,20)/t6?,7?,9-,12+/m1/s1. The van der Waals surface area contributed by atoms with Crippen molar-refractivity contribution in [3.63, 3.8) is 0 Å². The van der Waals surface area contributed by atoms with E-state index in [9.17, 15) is 24.6 Å². The molecule has 2 saturated heterocycles. The fourth-order valence-corrected chi connectivity index (χ4v) is 3.00. The molecule has 2 fully saturated rings. The lowest BCUT2D eigenvalue weighted by Gasteiger charge is -2.34. The van der Waals surface area contributed by atoms with Crippen LogP contribution in [0.5, 0.6) is 0 Å². The maximum Gasteiger partial charge on any atom is 0.330 e. The number of aliphatic hydroxyl groups is 2. The van der Waals surface area contributed by atoms with E-state index in [4.69, 9.17) is 4.74 Å². The average Bonchev–Trinajstić information content (AvgIpc) is 2.83. The Hall–Kier alpha value is -1.97. The van der Waals surface area contributed by atoms with Crippen LogP contribution in [0.25, 0.3) is 0 Å². The van der Waals surface area contributed by atoms with Crippen molar-refractivity contribution in [1.82, 2.24) is 14.5 Å². The Kier molecular flexibility index (Phi) is 2.84. The molecule has 2 unspecified atom stereocenters. The Morgan fingerprint density at radius 2 is 2.10 bits per heavy atom. The van der Waals surface area contributed by atoms with Crippen LogP contribution < -0.4 is 11.2 Å². The van der Waals surface area contributed by atoms with Gasteiger partial charge in [0.1, 0.15) is 12.1 Å². The van der Waals surface area contributed by atoms with E-state index in [1.165, 1.54) is 25.1 Å². The zero-order chi connectivity index (χ0) is 15.5. The van der Waals surface area contributed by atoms with Crippen LogP contribution in [-0.4, -0.2) is 62.0 Å². The Bertz CT molecular complexity index is 724. The molecule has 9 nitrogen and oxygen atoms in total. The molecule has 1 aromatic heterocycles. The number of nitrogens with one attached hydrogen (secondary N) is 1. The summed E-state index contributed by atoms with van der Waals surface area (Å²) in [7, 11) is 1.47. The second kappa shape index (κ2) is 4.26. The quantitative estimate of drug-likeness (QED) is 0.546. The van der Waals surface area contributed by atoms with E-state index in [0.29, 0.717) is 5.56 Å². The molecule has 3 heterocycles. The first-order chi connectivity index (χ1) is 9.83. The maximum atomic E-state index is 12.0. The molecule has 4 atom stereocenters. The summed E-state index contributed by atoms with van der Waals surface area (Å²) >= 11 is 0. The summed E-state index contributed by atoms with van der Waals surface area (Å²) < 4.78 is 6.62. The molecular formula is C12H15N3O6. The topological polar surface area (TPSA) is 125 Å². The lowest BCUT2D eigenvalue weighted by Crippen LogP contribution is -2.52. The summed E-state index contributed by atoms with van der Waals surface area (Å²) in [5, 5.41) is 19.7. The van der Waals surface area contributed by atoms with Gasteiger partial charge in [-0.1, -0.05) is 0 Å². The van der Waals surface area contributed by atoms with Crippen LogP contribution in [0.4, 0.5) is 0 Å². The van der Waals surface area contributed by atoms with Crippen molar-refractivity contribution in [2.75, 3.05) is 13.7 Å². The SMILES string of the molecule is Cc1cn([C@@H]2O[C@]3(CO)C(=O)N(C)C2C3O)c(=O)[nH]c1=O. The van der Waals surface area contributed by atoms with Gasteiger partial charge in [0, 0.05) is 18.8 Å². The van der Waals surface area contributed by atoms with Crippen LogP contribution >= 0.6 is 0 Å². The number of carbonyl (C=O) groups excluding carboxylic acids is 1. The molecule has 3 N–H and O–H groups in total. The van der Waals surface area contributed by atoms with E-state index >= 15 is 0 Å². The van der Waals surface area contributed by atoms with Gasteiger partial charge in [0.15, 0.2) is 11.8 Å². The van der Waals surface area contributed by atoms with Gasteiger partial charge in [0.25, 0.3) is 11.5 Å². The molecule has 0 aliphatic carbocycles. The molecule has 114 valence electrons. The number of morpholine rings is 1. The molecule has 0 aromatic carbocycles. The number of aryl methyl sites for hydroxylation is 1. The number of likely N-dealkylation sites (tertiary alicyclic amines) is 1. The number of aromatic amines is 1. The van der Waals surface area contributed by atoms with Crippen molar-refractivity contribution >= 4 is 5.91 Å². The zero-order valence-corrected chi connectivity index (χ0v) is 11.4. The number of likely N-dealkylation sites (N-methyl/N-ethyl adjacent to an activating group) is 1. The van der Waals surface area contributed by atoms with E-state index < -0.39 is 47.7 Å². The smallest absolute Gasteiger partial charge is 0.330 e. The van der Waals surface area contributed by atoms with Gasteiger partial charge in [-0.3, -0.25) is 19.1 Å². The Labute approximate surface area is 118 Å². The molecule has 1 aromatic rings. The Balaban J connectivity index is 2.12. The third kappa shape index (κ3) is 1.59. The molecule has 0 spiro atoms. The number of hydrogen-bond acceptors (Lipinski definition) is 6. The van der Waals surface area contributed by atoms with Gasteiger partial charge < -0.3 is 19.8 Å². The van der Waals surface area contributed by atoms with Crippen molar-refractivity contribution in [3.05, 3.63) is 32.6 Å². The molecule has 21 heavy (non-hydrogen) atoms. The van der Waals surface area contributed by atoms with E-state index in [-0.39, 0.29) is 0 Å². The fourth-order valence-electron chi connectivity index (χ4n) is 3.00. The minimum absolute atomic E-state index is 0.294. The number of rotatable bonds is 2. The van der Waals surface area contributed by atoms with Gasteiger partial charge in [0.2, 0.25) is 0 Å². The summed E-state index contributed by atoms with van der Waals surface area (Å²) in [5.74, 6) is -0.534. The second-order valence-corrected chi connectivity index (χ2v) is 5.39. The van der Waals surface area contributed by atoms with Gasteiger partial charge in [0.05, 0.1) is 6.61 Å². The van der Waals surface area contributed by atoms with Crippen LogP contribution in [0.15, 0.2) is 15.8 Å². The van der Waals surface area contributed by atoms with Crippen molar-refractivity contribution in [1.29, 1.82) is 0 Å². The van der Waals surface area contributed by atoms with Crippen LogP contribution in [0, 0.1) is 6.92 Å². The highest BCUT2D eigenvalue weighted by Gasteiger charge is 2.68. The molecule has 0 radical (unpaired) electrons. The van der Waals surface area contributed by atoms with E-state index in [2.05, 4.69) is 4.98 Å². The molecule has 9 heteroatoms. The average molecular weight is 297 g/mol. The number of amides is 1. The lowest BCUT2D eigenvalue weighted by molar-refractivity contribution is -0.182. The maximum absolute atomic E-state index is 12.0. The summed E-state index contributed by atoms with van der Waals surface area (Å²) in [5.41, 5.74) is -2.68. The summed E-state index contributed by atoms with van der Waals surface area (Å²) in [4.78, 5) is 38.8. The highest BCUT2D eigenvalue weighted by Crippen LogP contribution is 2.45. The number of ether oxygens (including phenoxy) is 1. The molecule has 2 aliphatic rings. The van der Waals surface area contributed by atoms with Crippen molar-refractivity contribution < 1.29 is 19.7 Å². The van der Waals surface area contributed by atoms with Crippen LogP contribution in [-0.2, 0) is 9.53 Å². The van der Waals surface area contributed by atoms with Crippen molar-refractivity contribution in [3.8, 4) is 0 Å². The van der Waals surface area contributed by atoms with E-state index in [1.807, 2.05) is 0 Å². The monoisotopic (exact) mass is 297 g/mol. The number of H-pyrrole nitrogens is 1. The number of aromatic nitrogens is 2. The first-order valence-corrected chi connectivity index (χ1v) is 6.39. The third-order valence-electron chi connectivity index (χ3n) is 4.21. The van der Waals surface area contributed by atoms with E-state index in [0.717, 1.165) is 4.57 Å². The summed E-state index contributed by atoms with van der Waals surface area (Å²) in [6, 6.07) is -0.812. The number of nitrogens with zero attached hydrogens (tertiary/aromatic N) is 2. The van der Waals surface area contributed by atoms with Crippen molar-refractivity contribution in [2.24, 2.45) is 0 Å². The van der Waals surface area contributed by atoms with Gasteiger partial charge in [-0.25, -0.2) is 4.79 Å². The van der Waals surface area contributed by atoms with E-state index in [1.54, 1.807) is 0 Å². The number of hydrogen-bond donors (Lipinski definition) is 3. The third-order valence-corrected chi connectivity index (χ3v) is 4.21. The number of fused-ring (bicyclic) bond motifs is 2. The predicted molar refractivity (Wildman–Crippen MR) is 68.6 cm³/mol. The second-order valence-electron chi connectivity index (χ2n) is 5.39. The number of aliphatic hydroxyl groups excluding tert-OH is 2. The Morgan fingerprint density at radius 3 is 2.67 bits per heavy atom. The fraction of sp³-hybridized carbons (Fsp3) is 0.583. The van der Waals surface area contributed by atoms with Crippen molar-refractivity contribution in [2.45, 2.75) is 30.9 Å². The molecule has 2 bridgehead atoms. The minimum Gasteiger partial charge on any atom is -0.393 e. The van der Waals surface area contributed by atoms with Crippen LogP contribution in [0.2, 0.25) is 0 Å². The van der Waals surface area contributed by atoms with Gasteiger partial charge in [-0.15, -0.1) is 0 Å². The zero-order valence-electron chi connectivity index (χ0n) is 11.4. The van der Waals surface area contributed by atoms with Crippen LogP contribution in [0.3, 0.4) is 0 Å². The number of carbonyl (C=O) groups is 1. The first-order valence-electron chi connectivity index (χ1n) is 6.39. The lowest BCUT2D eigenvalue weighted by atomic mass is 10.00. The highest BCUT2D eigenvalue weighted by atomic mass is 16.6. The van der Waals surface area contributed by atoms with Gasteiger partial charge >= 0.3 is 5.69 Å². The molecule has 3 rings (SSSR count). The largest absolute Gasteiger partial charge is 0.393 e. The summed E-state index contributed by atoms with van der Waals surface area (Å²) in [6.45, 7) is 0.830. The highest BCUT2D eigenvalue weighted by molar-refractivity contribution is 5.90. The Morgan fingerprint density at radius 1 is 1.43 bits per heavy atom. The molecule has 2 aliphatic heterocycles. The minimum atomic E-state index is -1.76. The van der Waals surface area contributed by atoms with Gasteiger partial charge in [-0.2, -0.15) is 0 Å². The first kappa shape index (κ1) is 14.0. The normalized spacial score (nSPS) is 34.8. The van der Waals surface area contributed by atoms with Crippen LogP contribution in [0.1, 0.15) is 11.8 Å². The molecule has 1 amide bonds. The molecule has 0 saturated carbocycles. The molecular weight excluding hydrogens is 282 g/mol. The summed E-state index contributed by atoms with van der Waals surface area (Å²) in [6.07, 6.45) is -0.926.